The first-order chi connectivity index (χ1) is 9.70. The lowest BCUT2D eigenvalue weighted by molar-refractivity contribution is 0.112. The molecule has 20 heavy (non-hydrogen) atoms. The lowest BCUT2D eigenvalue weighted by Gasteiger charge is -2.09. The fourth-order valence-corrected chi connectivity index (χ4v) is 2.42. The average molecular weight is 286 g/mol. The molecule has 0 aliphatic heterocycles. The topological polar surface area (TPSA) is 30.0 Å². The maximum absolute atomic E-state index is 13.0. The summed E-state index contributed by atoms with van der Waals surface area (Å²) in [6.07, 6.45) is 0.701. The number of halogens is 2. The number of carbonyl (C=O) groups excluding carboxylic acids is 1. The Kier molecular flexibility index (Phi) is 3.20. The van der Waals surface area contributed by atoms with Crippen LogP contribution in [0.25, 0.3) is 22.0 Å². The molecule has 1 aromatic heterocycles. The van der Waals surface area contributed by atoms with Gasteiger partial charge in [0.25, 0.3) is 0 Å². The van der Waals surface area contributed by atoms with Crippen molar-refractivity contribution in [3.8, 4) is 11.3 Å². The van der Waals surface area contributed by atoms with Gasteiger partial charge in [-0.2, -0.15) is 0 Å². The lowest BCUT2D eigenvalue weighted by Crippen LogP contribution is -1.94. The summed E-state index contributed by atoms with van der Waals surface area (Å²) in [6.45, 7) is 0. The Morgan fingerprint density at radius 3 is 2.30 bits per heavy atom. The van der Waals surface area contributed by atoms with Crippen molar-refractivity contribution in [3.63, 3.8) is 0 Å². The molecule has 4 heteroatoms. The van der Waals surface area contributed by atoms with E-state index in [1.54, 1.807) is 12.1 Å². The van der Waals surface area contributed by atoms with E-state index in [0.717, 1.165) is 16.3 Å². The van der Waals surface area contributed by atoms with Crippen LogP contribution in [0.15, 0.2) is 48.5 Å². The number of pyridine rings is 1. The van der Waals surface area contributed by atoms with Gasteiger partial charge in [0.15, 0.2) is 6.29 Å². The maximum atomic E-state index is 13.0. The highest BCUT2D eigenvalue weighted by Gasteiger charge is 2.13. The predicted molar refractivity (Wildman–Crippen MR) is 77.5 cm³/mol. The van der Waals surface area contributed by atoms with Crippen LogP contribution in [-0.2, 0) is 0 Å². The third-order valence-electron chi connectivity index (χ3n) is 3.14. The minimum Gasteiger partial charge on any atom is -0.298 e. The Hall–Kier alpha value is -2.26. The Labute approximate surface area is 119 Å². The number of aldehydes is 1. The van der Waals surface area contributed by atoms with Gasteiger partial charge in [0.2, 0.25) is 0 Å². The minimum absolute atomic E-state index is 0.151. The molecule has 0 saturated carbocycles. The molecule has 0 unspecified atom stereocenters. The van der Waals surface area contributed by atoms with Gasteiger partial charge in [0.05, 0.1) is 11.3 Å². The van der Waals surface area contributed by atoms with Crippen molar-refractivity contribution < 1.29 is 9.18 Å². The van der Waals surface area contributed by atoms with Crippen molar-refractivity contribution >= 4 is 28.7 Å². The summed E-state index contributed by atoms with van der Waals surface area (Å²) in [5.41, 5.74) is 1.76. The zero-order chi connectivity index (χ0) is 14.1. The van der Waals surface area contributed by atoms with E-state index in [4.69, 9.17) is 11.6 Å². The number of hydrogen-bond donors (Lipinski definition) is 0. The molecule has 0 fully saturated rings. The Balaban J connectivity index is 2.36. The van der Waals surface area contributed by atoms with E-state index >= 15 is 0 Å². The van der Waals surface area contributed by atoms with Gasteiger partial charge < -0.3 is 0 Å². The molecule has 1 heterocycles. The van der Waals surface area contributed by atoms with Crippen LogP contribution in [-0.4, -0.2) is 11.3 Å². The lowest BCUT2D eigenvalue weighted by atomic mass is 10.0. The standard InChI is InChI=1S/C16H9ClFNO/c17-16-14(9-20)12-3-1-2-4-13(12)15(19-16)10-5-7-11(18)8-6-10/h1-9H. The molecular weight excluding hydrogens is 277 g/mol. The second kappa shape index (κ2) is 5.02. The van der Waals surface area contributed by atoms with Crippen LogP contribution >= 0.6 is 11.6 Å². The van der Waals surface area contributed by atoms with E-state index in [9.17, 15) is 9.18 Å². The largest absolute Gasteiger partial charge is 0.298 e. The minimum atomic E-state index is -0.311. The second-order valence-electron chi connectivity index (χ2n) is 4.34. The van der Waals surface area contributed by atoms with E-state index < -0.39 is 0 Å². The van der Waals surface area contributed by atoms with Crippen LogP contribution < -0.4 is 0 Å². The highest BCUT2D eigenvalue weighted by atomic mass is 35.5. The summed E-state index contributed by atoms with van der Waals surface area (Å²) in [7, 11) is 0. The average Bonchev–Trinajstić information content (AvgIpc) is 2.47. The number of fused-ring (bicyclic) bond motifs is 1. The SMILES string of the molecule is O=Cc1c(Cl)nc(-c2ccc(F)cc2)c2ccccc12. The van der Waals surface area contributed by atoms with Crippen molar-refractivity contribution in [2.75, 3.05) is 0 Å². The highest BCUT2D eigenvalue weighted by Crippen LogP contribution is 2.31. The number of carbonyl (C=O) groups is 1. The first kappa shape index (κ1) is 12.8. The third kappa shape index (κ3) is 2.06. The number of nitrogens with zero attached hydrogens (tertiary/aromatic N) is 1. The molecule has 0 spiro atoms. The van der Waals surface area contributed by atoms with Crippen molar-refractivity contribution in [3.05, 3.63) is 65.1 Å². The van der Waals surface area contributed by atoms with Crippen LogP contribution in [0.1, 0.15) is 10.4 Å². The molecule has 3 aromatic rings. The summed E-state index contributed by atoms with van der Waals surface area (Å²) < 4.78 is 13.0. The van der Waals surface area contributed by atoms with Crippen LogP contribution in [0.2, 0.25) is 5.15 Å². The molecule has 0 radical (unpaired) electrons. The summed E-state index contributed by atoms with van der Waals surface area (Å²) in [5, 5.41) is 1.70. The third-order valence-corrected chi connectivity index (χ3v) is 3.43. The van der Waals surface area contributed by atoms with Crippen LogP contribution in [0.4, 0.5) is 4.39 Å². The van der Waals surface area contributed by atoms with Crippen LogP contribution in [0, 0.1) is 5.82 Å². The quantitative estimate of drug-likeness (QED) is 0.512. The molecule has 3 rings (SSSR count). The molecule has 0 aliphatic rings. The molecule has 0 saturated heterocycles. The summed E-state index contributed by atoms with van der Waals surface area (Å²) in [6, 6.07) is 13.4. The Morgan fingerprint density at radius 1 is 1.00 bits per heavy atom. The molecule has 0 atom stereocenters. The second-order valence-corrected chi connectivity index (χ2v) is 4.69. The normalized spacial score (nSPS) is 10.7. The van der Waals surface area contributed by atoms with Gasteiger partial charge in [-0.3, -0.25) is 4.79 Å². The van der Waals surface area contributed by atoms with Gasteiger partial charge in [-0.25, -0.2) is 9.37 Å². The van der Waals surface area contributed by atoms with E-state index in [2.05, 4.69) is 4.98 Å². The van der Waals surface area contributed by atoms with Crippen LogP contribution in [0.3, 0.4) is 0 Å². The Morgan fingerprint density at radius 2 is 1.65 bits per heavy atom. The van der Waals surface area contributed by atoms with Crippen molar-refractivity contribution in [2.45, 2.75) is 0 Å². The van der Waals surface area contributed by atoms with Gasteiger partial charge >= 0.3 is 0 Å². The number of benzene rings is 2. The van der Waals surface area contributed by atoms with E-state index in [1.165, 1.54) is 12.1 Å². The zero-order valence-corrected chi connectivity index (χ0v) is 11.1. The van der Waals surface area contributed by atoms with Crippen molar-refractivity contribution in [2.24, 2.45) is 0 Å². The zero-order valence-electron chi connectivity index (χ0n) is 10.3. The van der Waals surface area contributed by atoms with Gasteiger partial charge in [-0.15, -0.1) is 0 Å². The Bertz CT molecular complexity index is 799. The molecular formula is C16H9ClFNO. The monoisotopic (exact) mass is 285 g/mol. The summed E-state index contributed by atoms with van der Waals surface area (Å²) in [5.74, 6) is -0.311. The number of aromatic nitrogens is 1. The van der Waals surface area contributed by atoms with Crippen molar-refractivity contribution in [1.29, 1.82) is 0 Å². The van der Waals surface area contributed by atoms with Gasteiger partial charge in [-0.1, -0.05) is 35.9 Å². The molecule has 0 N–H and O–H groups in total. The maximum Gasteiger partial charge on any atom is 0.153 e. The first-order valence-corrected chi connectivity index (χ1v) is 6.38. The van der Waals surface area contributed by atoms with E-state index in [-0.39, 0.29) is 11.0 Å². The predicted octanol–water partition coefficient (Wildman–Crippen LogP) is 4.51. The number of hydrogen-bond acceptors (Lipinski definition) is 2. The smallest absolute Gasteiger partial charge is 0.153 e. The molecule has 0 amide bonds. The van der Waals surface area contributed by atoms with Gasteiger partial charge in [-0.05, 0) is 29.7 Å². The highest BCUT2D eigenvalue weighted by molar-refractivity contribution is 6.33. The fraction of sp³-hybridized carbons (Fsp3) is 0. The van der Waals surface area contributed by atoms with E-state index in [0.29, 0.717) is 17.5 Å². The van der Waals surface area contributed by atoms with Gasteiger partial charge in [0, 0.05) is 10.9 Å². The van der Waals surface area contributed by atoms with Crippen LogP contribution in [0.5, 0.6) is 0 Å². The molecule has 2 nitrogen and oxygen atoms in total. The van der Waals surface area contributed by atoms with E-state index in [1.807, 2.05) is 24.3 Å². The van der Waals surface area contributed by atoms with Gasteiger partial charge in [0.1, 0.15) is 11.0 Å². The molecule has 2 aromatic carbocycles. The molecule has 98 valence electrons. The fourth-order valence-electron chi connectivity index (χ4n) is 2.19. The molecule has 0 aliphatic carbocycles. The first-order valence-electron chi connectivity index (χ1n) is 6.00. The molecule has 0 bridgehead atoms. The van der Waals surface area contributed by atoms with Crippen molar-refractivity contribution in [1.82, 2.24) is 4.98 Å². The number of rotatable bonds is 2. The summed E-state index contributed by atoms with van der Waals surface area (Å²) >= 11 is 6.07. The summed E-state index contributed by atoms with van der Waals surface area (Å²) in [4.78, 5) is 15.4.